The van der Waals surface area contributed by atoms with Gasteiger partial charge in [0.1, 0.15) is 0 Å². The van der Waals surface area contributed by atoms with Crippen molar-refractivity contribution in [2.24, 2.45) is 0 Å². The second kappa shape index (κ2) is 14.1. The molecule has 0 aliphatic heterocycles. The predicted molar refractivity (Wildman–Crippen MR) is 242 cm³/mol. The van der Waals surface area contributed by atoms with Crippen molar-refractivity contribution in [2.75, 3.05) is 0 Å². The highest BCUT2D eigenvalue weighted by Gasteiger charge is 2.20. The topological polar surface area (TPSA) is 38.7 Å². The van der Waals surface area contributed by atoms with Crippen LogP contribution in [0.5, 0.6) is 0 Å². The molecule has 11 rings (SSSR count). The first-order valence-corrected chi connectivity index (χ1v) is 19.7. The number of rotatable bonds is 6. The first kappa shape index (κ1) is 33.6. The Morgan fingerprint density at radius 1 is 0.224 bits per heavy atom. The lowest BCUT2D eigenvalue weighted by Gasteiger charge is -2.16. The fraction of sp³-hybridized carbons (Fsp3) is 0. The fourth-order valence-electron chi connectivity index (χ4n) is 8.52. The zero-order valence-electron chi connectivity index (χ0n) is 31.5. The van der Waals surface area contributed by atoms with Gasteiger partial charge in [0.2, 0.25) is 0 Å². The molecule has 11 aromatic rings. The molecule has 0 fully saturated rings. The summed E-state index contributed by atoms with van der Waals surface area (Å²) in [6.45, 7) is 0. The highest BCUT2D eigenvalue weighted by molar-refractivity contribution is 6.06. The molecule has 3 heteroatoms. The van der Waals surface area contributed by atoms with Gasteiger partial charge in [0, 0.05) is 22.3 Å². The van der Waals surface area contributed by atoms with Crippen molar-refractivity contribution in [2.45, 2.75) is 0 Å². The number of aromatic nitrogens is 3. The average molecular weight is 738 g/mol. The fourth-order valence-corrected chi connectivity index (χ4v) is 8.52. The Balaban J connectivity index is 1.15. The summed E-state index contributed by atoms with van der Waals surface area (Å²) in [7, 11) is 0. The van der Waals surface area contributed by atoms with E-state index in [9.17, 15) is 0 Å². The van der Waals surface area contributed by atoms with Gasteiger partial charge in [-0.1, -0.05) is 194 Å². The Labute approximate surface area is 336 Å². The Morgan fingerprint density at radius 2 is 0.707 bits per heavy atom. The lowest BCUT2D eigenvalue weighted by molar-refractivity contribution is 1.08. The largest absolute Gasteiger partial charge is 0.208 e. The molecule has 1 aromatic heterocycles. The van der Waals surface area contributed by atoms with Crippen LogP contribution in [0.15, 0.2) is 212 Å². The normalized spacial score (nSPS) is 11.4. The maximum absolute atomic E-state index is 5.37. The molecule has 0 saturated carbocycles. The number of hydrogen-bond acceptors (Lipinski definition) is 3. The smallest absolute Gasteiger partial charge is 0.164 e. The molecule has 270 valence electrons. The van der Waals surface area contributed by atoms with E-state index in [4.69, 9.17) is 15.0 Å². The highest BCUT2D eigenvalue weighted by atomic mass is 15.0. The molecule has 0 unspecified atom stereocenters. The van der Waals surface area contributed by atoms with Crippen LogP contribution < -0.4 is 0 Å². The molecule has 58 heavy (non-hydrogen) atoms. The van der Waals surface area contributed by atoms with Gasteiger partial charge in [0.15, 0.2) is 17.5 Å². The second-order valence-corrected chi connectivity index (χ2v) is 14.8. The van der Waals surface area contributed by atoms with Crippen molar-refractivity contribution in [1.82, 2.24) is 15.0 Å². The molecular weight excluding hydrogens is 703 g/mol. The van der Waals surface area contributed by atoms with Crippen LogP contribution in [0.3, 0.4) is 0 Å². The number of hydrogen-bond donors (Lipinski definition) is 0. The first-order valence-electron chi connectivity index (χ1n) is 19.7. The zero-order valence-corrected chi connectivity index (χ0v) is 31.5. The minimum absolute atomic E-state index is 0.626. The van der Waals surface area contributed by atoms with Crippen molar-refractivity contribution in [1.29, 1.82) is 0 Å². The Kier molecular flexibility index (Phi) is 8.15. The van der Waals surface area contributed by atoms with Crippen LogP contribution in [0.4, 0.5) is 0 Å². The molecule has 10 aromatic carbocycles. The van der Waals surface area contributed by atoms with Crippen molar-refractivity contribution >= 4 is 43.1 Å². The monoisotopic (exact) mass is 737 g/mol. The Morgan fingerprint density at radius 3 is 1.47 bits per heavy atom. The van der Waals surface area contributed by atoms with Gasteiger partial charge in [-0.2, -0.15) is 0 Å². The van der Waals surface area contributed by atoms with E-state index in [1.165, 1.54) is 38.4 Å². The van der Waals surface area contributed by atoms with Gasteiger partial charge in [-0.3, -0.25) is 0 Å². The molecule has 3 nitrogen and oxygen atoms in total. The maximum Gasteiger partial charge on any atom is 0.164 e. The van der Waals surface area contributed by atoms with Crippen molar-refractivity contribution in [3.63, 3.8) is 0 Å². The van der Waals surface area contributed by atoms with Crippen LogP contribution in [-0.4, -0.2) is 15.0 Å². The van der Waals surface area contributed by atoms with Crippen LogP contribution in [0.2, 0.25) is 0 Å². The summed E-state index contributed by atoms with van der Waals surface area (Å²) < 4.78 is 0. The summed E-state index contributed by atoms with van der Waals surface area (Å²) in [6, 6.07) is 75.3. The van der Waals surface area contributed by atoms with Crippen molar-refractivity contribution in [3.05, 3.63) is 212 Å². The molecule has 0 aliphatic carbocycles. The third kappa shape index (κ3) is 5.89. The minimum atomic E-state index is 0.626. The van der Waals surface area contributed by atoms with E-state index in [-0.39, 0.29) is 0 Å². The molecule has 0 N–H and O–H groups in total. The van der Waals surface area contributed by atoms with Gasteiger partial charge in [0.05, 0.1) is 0 Å². The Bertz CT molecular complexity index is 3330. The average Bonchev–Trinajstić information content (AvgIpc) is 3.30. The Hall–Kier alpha value is -7.75. The van der Waals surface area contributed by atoms with E-state index in [1.807, 2.05) is 0 Å². The predicted octanol–water partition coefficient (Wildman–Crippen LogP) is 14.5. The van der Waals surface area contributed by atoms with E-state index in [0.29, 0.717) is 17.5 Å². The maximum atomic E-state index is 5.37. The summed E-state index contributed by atoms with van der Waals surface area (Å²) >= 11 is 0. The van der Waals surface area contributed by atoms with Crippen LogP contribution in [-0.2, 0) is 0 Å². The van der Waals surface area contributed by atoms with Gasteiger partial charge in [-0.05, 0) is 89.1 Å². The zero-order chi connectivity index (χ0) is 38.4. The van der Waals surface area contributed by atoms with Crippen LogP contribution >= 0.6 is 0 Å². The first-order chi connectivity index (χ1) is 28.7. The molecular formula is C55H35N3. The van der Waals surface area contributed by atoms with Crippen molar-refractivity contribution in [3.8, 4) is 67.5 Å². The second-order valence-electron chi connectivity index (χ2n) is 14.8. The quantitative estimate of drug-likeness (QED) is 0.171. The minimum Gasteiger partial charge on any atom is -0.208 e. The summed E-state index contributed by atoms with van der Waals surface area (Å²) in [5, 5.41) is 9.31. The summed E-state index contributed by atoms with van der Waals surface area (Å²) in [6.07, 6.45) is 0. The number of benzene rings is 10. The lowest BCUT2D eigenvalue weighted by Crippen LogP contribution is -2.02. The third-order valence-electron chi connectivity index (χ3n) is 11.3. The molecule has 0 atom stereocenters. The van der Waals surface area contributed by atoms with E-state index in [0.717, 1.165) is 54.7 Å². The molecule has 0 amide bonds. The van der Waals surface area contributed by atoms with Gasteiger partial charge >= 0.3 is 0 Å². The van der Waals surface area contributed by atoms with Crippen molar-refractivity contribution < 1.29 is 0 Å². The molecule has 0 saturated heterocycles. The van der Waals surface area contributed by atoms with Crippen LogP contribution in [0, 0.1) is 0 Å². The third-order valence-corrected chi connectivity index (χ3v) is 11.3. The molecule has 0 radical (unpaired) electrons. The van der Waals surface area contributed by atoms with Gasteiger partial charge < -0.3 is 0 Å². The summed E-state index contributed by atoms with van der Waals surface area (Å²) in [5.74, 6) is 1.89. The SMILES string of the molecule is c1ccc(-c2c(-c3nc(-c4ccc5ccc(-c6cccc7ccccc67)cc5c4)nc(-c4cccc5c(-c6ccccc6)cccc45)n3)ccc3ccccc23)cc1. The molecule has 0 spiro atoms. The van der Waals surface area contributed by atoms with Gasteiger partial charge in [-0.15, -0.1) is 0 Å². The van der Waals surface area contributed by atoms with E-state index in [1.54, 1.807) is 0 Å². The summed E-state index contributed by atoms with van der Waals surface area (Å²) in [5.41, 5.74) is 9.79. The number of fused-ring (bicyclic) bond motifs is 4. The van der Waals surface area contributed by atoms with Gasteiger partial charge in [-0.25, -0.2) is 15.0 Å². The van der Waals surface area contributed by atoms with Crippen LogP contribution in [0.1, 0.15) is 0 Å². The van der Waals surface area contributed by atoms with E-state index >= 15 is 0 Å². The van der Waals surface area contributed by atoms with E-state index in [2.05, 4.69) is 212 Å². The standard InChI is InChI=1S/C55H35N3/c1-3-14-37(15-4-1)45-24-12-26-49-48(45)25-13-27-50(49)54-56-53(57-55(58-54)51-33-32-39-17-8-10-22-47(39)52(51)40-18-5-2-6-19-40)42-31-29-36-28-30-41(34-43(36)35-42)46-23-11-20-38-16-7-9-21-44(38)46/h1-35H. The lowest BCUT2D eigenvalue weighted by atomic mass is 9.92. The molecule has 1 heterocycles. The highest BCUT2D eigenvalue weighted by Crippen LogP contribution is 2.40. The number of nitrogens with zero attached hydrogens (tertiary/aromatic N) is 3. The summed E-state index contributed by atoms with van der Waals surface area (Å²) in [4.78, 5) is 16.0. The van der Waals surface area contributed by atoms with Crippen LogP contribution in [0.25, 0.3) is 111 Å². The molecule has 0 bridgehead atoms. The van der Waals surface area contributed by atoms with Gasteiger partial charge in [0.25, 0.3) is 0 Å². The van der Waals surface area contributed by atoms with E-state index < -0.39 is 0 Å². The molecule has 0 aliphatic rings.